The lowest BCUT2D eigenvalue weighted by Gasteiger charge is -1.98. The summed E-state index contributed by atoms with van der Waals surface area (Å²) in [5.41, 5.74) is 1.24. The Morgan fingerprint density at radius 2 is 1.94 bits per heavy atom. The van der Waals surface area contributed by atoms with Gasteiger partial charge in [0.15, 0.2) is 0 Å². The molecule has 0 aliphatic carbocycles. The predicted octanol–water partition coefficient (Wildman–Crippen LogP) is 1.91. The molecule has 1 aromatic carbocycles. The average Bonchev–Trinajstić information content (AvgIpc) is 2.28. The van der Waals surface area contributed by atoms with Crippen LogP contribution >= 0.6 is 0 Å². The van der Waals surface area contributed by atoms with Crippen molar-refractivity contribution in [1.82, 2.24) is 0 Å². The molecule has 0 unspecified atom stereocenters. The smallest absolute Gasteiger partial charge is 0.258 e. The van der Waals surface area contributed by atoms with Crippen LogP contribution in [0.2, 0.25) is 0 Å². The summed E-state index contributed by atoms with van der Waals surface area (Å²) >= 11 is 0. The van der Waals surface area contributed by atoms with Crippen LogP contribution in [0.3, 0.4) is 0 Å². The van der Waals surface area contributed by atoms with E-state index in [1.807, 2.05) is 0 Å². The molecule has 0 aromatic heterocycles. The lowest BCUT2D eigenvalue weighted by Crippen LogP contribution is -1.98. The standard InChI is InChI=1S/C9H6N2O5S/c1-2-5-17(16)9-4-3-7(10(12)13)6-8(9)11(14)15/h3-6H,1H2/t17-/m1/s1. The minimum Gasteiger partial charge on any atom is -0.258 e. The second-order valence-corrected chi connectivity index (χ2v) is 4.06. The molecule has 7 nitrogen and oxygen atoms in total. The zero-order valence-corrected chi connectivity index (χ0v) is 9.18. The minimum atomic E-state index is -1.80. The van der Waals surface area contributed by atoms with E-state index in [-0.39, 0.29) is 4.90 Å². The molecule has 1 aromatic rings. The molecular weight excluding hydrogens is 248 g/mol. The lowest BCUT2D eigenvalue weighted by atomic mass is 10.3. The van der Waals surface area contributed by atoms with E-state index in [1.165, 1.54) is 0 Å². The molecule has 0 aliphatic rings. The van der Waals surface area contributed by atoms with E-state index < -0.39 is 32.0 Å². The summed E-state index contributed by atoms with van der Waals surface area (Å²) < 4.78 is 11.5. The molecule has 0 spiro atoms. The number of nitro benzene ring substituents is 2. The topological polar surface area (TPSA) is 103 Å². The average molecular weight is 254 g/mol. The third-order valence-electron chi connectivity index (χ3n) is 1.76. The zero-order valence-electron chi connectivity index (χ0n) is 8.36. The molecule has 17 heavy (non-hydrogen) atoms. The van der Waals surface area contributed by atoms with Crippen LogP contribution in [-0.2, 0) is 10.8 Å². The molecule has 0 amide bonds. The molecule has 0 saturated heterocycles. The monoisotopic (exact) mass is 254 g/mol. The highest BCUT2D eigenvalue weighted by molar-refractivity contribution is 7.88. The molecule has 0 N–H and O–H groups in total. The summed E-state index contributed by atoms with van der Waals surface area (Å²) in [5, 5.41) is 22.2. The van der Waals surface area contributed by atoms with E-state index in [9.17, 15) is 24.4 Å². The summed E-state index contributed by atoms with van der Waals surface area (Å²) in [6.45, 7) is 3.19. The maximum absolute atomic E-state index is 11.5. The first-order valence-electron chi connectivity index (χ1n) is 4.16. The quantitative estimate of drug-likeness (QED) is 0.463. The molecular formula is C9H6N2O5S. The number of non-ortho nitro benzene ring substituents is 1. The highest BCUT2D eigenvalue weighted by Gasteiger charge is 2.22. The minimum absolute atomic E-state index is 0.128. The molecule has 0 fully saturated rings. The van der Waals surface area contributed by atoms with Crippen molar-refractivity contribution in [3.05, 3.63) is 56.1 Å². The van der Waals surface area contributed by atoms with Crippen molar-refractivity contribution < 1.29 is 14.1 Å². The SMILES string of the molecule is C=C=C[S@@](=O)c1ccc([N+](=O)[O-])cc1[N+](=O)[O-]. The first kappa shape index (κ1) is 12.8. The van der Waals surface area contributed by atoms with Crippen LogP contribution in [0.15, 0.2) is 40.8 Å². The fourth-order valence-corrected chi connectivity index (χ4v) is 1.89. The Balaban J connectivity index is 3.41. The number of benzene rings is 1. The summed E-state index contributed by atoms with van der Waals surface area (Å²) in [6.07, 6.45) is 0. The normalized spacial score (nSPS) is 11.3. The maximum Gasteiger partial charge on any atom is 0.292 e. The van der Waals surface area contributed by atoms with Crippen LogP contribution in [-0.4, -0.2) is 14.1 Å². The van der Waals surface area contributed by atoms with Gasteiger partial charge >= 0.3 is 0 Å². The van der Waals surface area contributed by atoms with E-state index in [0.29, 0.717) is 0 Å². The Bertz CT molecular complexity index is 563. The van der Waals surface area contributed by atoms with Gasteiger partial charge in [-0.05, 0) is 6.07 Å². The third-order valence-corrected chi connectivity index (χ3v) is 2.92. The molecule has 88 valence electrons. The molecule has 1 rings (SSSR count). The molecule has 1 atom stereocenters. The predicted molar refractivity (Wildman–Crippen MR) is 59.9 cm³/mol. The third kappa shape index (κ3) is 2.83. The Labute approximate surface area is 97.8 Å². The van der Waals surface area contributed by atoms with Crippen molar-refractivity contribution in [3.63, 3.8) is 0 Å². The van der Waals surface area contributed by atoms with Crippen LogP contribution in [0.25, 0.3) is 0 Å². The Hall–Kier alpha value is -2.31. The summed E-state index contributed by atoms with van der Waals surface area (Å²) in [6, 6.07) is 2.90. The van der Waals surface area contributed by atoms with Crippen molar-refractivity contribution in [2.45, 2.75) is 4.90 Å². The first-order valence-corrected chi connectivity index (χ1v) is 5.38. The Morgan fingerprint density at radius 3 is 2.41 bits per heavy atom. The van der Waals surface area contributed by atoms with Crippen molar-refractivity contribution in [1.29, 1.82) is 0 Å². The van der Waals surface area contributed by atoms with Gasteiger partial charge in [0.2, 0.25) is 0 Å². The molecule has 8 heteroatoms. The Kier molecular flexibility index (Phi) is 3.86. The fraction of sp³-hybridized carbons (Fsp3) is 0. The summed E-state index contributed by atoms with van der Waals surface area (Å²) in [7, 11) is -1.80. The van der Waals surface area contributed by atoms with Crippen LogP contribution in [0, 0.1) is 20.2 Å². The van der Waals surface area contributed by atoms with Gasteiger partial charge in [0.05, 0.1) is 26.7 Å². The van der Waals surface area contributed by atoms with E-state index in [0.717, 1.165) is 23.6 Å². The van der Waals surface area contributed by atoms with Gasteiger partial charge in [-0.1, -0.05) is 6.58 Å². The second-order valence-electron chi connectivity index (χ2n) is 2.79. The first-order chi connectivity index (χ1) is 7.97. The number of rotatable bonds is 4. The van der Waals surface area contributed by atoms with Crippen molar-refractivity contribution in [2.24, 2.45) is 0 Å². The van der Waals surface area contributed by atoms with Gasteiger partial charge in [-0.25, -0.2) is 4.21 Å². The van der Waals surface area contributed by atoms with Crippen molar-refractivity contribution in [2.75, 3.05) is 0 Å². The van der Waals surface area contributed by atoms with Gasteiger partial charge in [0.1, 0.15) is 4.90 Å². The van der Waals surface area contributed by atoms with Crippen LogP contribution in [0.5, 0.6) is 0 Å². The van der Waals surface area contributed by atoms with Gasteiger partial charge in [-0.3, -0.25) is 20.2 Å². The van der Waals surface area contributed by atoms with Crippen molar-refractivity contribution in [3.8, 4) is 0 Å². The maximum atomic E-state index is 11.5. The van der Waals surface area contributed by atoms with Gasteiger partial charge in [0, 0.05) is 11.5 Å². The largest absolute Gasteiger partial charge is 0.292 e. The van der Waals surface area contributed by atoms with Crippen LogP contribution < -0.4 is 0 Å². The van der Waals surface area contributed by atoms with E-state index >= 15 is 0 Å². The van der Waals surface area contributed by atoms with E-state index in [4.69, 9.17) is 0 Å². The summed E-state index contributed by atoms with van der Waals surface area (Å²) in [5.74, 6) is 0. The lowest BCUT2D eigenvalue weighted by molar-refractivity contribution is -0.396. The molecule has 0 heterocycles. The van der Waals surface area contributed by atoms with Crippen LogP contribution in [0.4, 0.5) is 11.4 Å². The Morgan fingerprint density at radius 1 is 1.29 bits per heavy atom. The highest BCUT2D eigenvalue weighted by atomic mass is 32.2. The zero-order chi connectivity index (χ0) is 13.0. The van der Waals surface area contributed by atoms with Gasteiger partial charge < -0.3 is 0 Å². The van der Waals surface area contributed by atoms with Gasteiger partial charge in [0.25, 0.3) is 11.4 Å². The number of hydrogen-bond donors (Lipinski definition) is 0. The molecule has 0 saturated carbocycles. The molecule has 0 bridgehead atoms. The van der Waals surface area contributed by atoms with Crippen molar-refractivity contribution >= 4 is 22.2 Å². The van der Waals surface area contributed by atoms with E-state index in [1.54, 1.807) is 0 Å². The number of nitrogens with zero attached hydrogens (tertiary/aromatic N) is 2. The van der Waals surface area contributed by atoms with Gasteiger partial charge in [-0.2, -0.15) is 0 Å². The molecule has 0 radical (unpaired) electrons. The fourth-order valence-electron chi connectivity index (χ4n) is 1.07. The number of nitro groups is 2. The van der Waals surface area contributed by atoms with Crippen LogP contribution in [0.1, 0.15) is 0 Å². The highest BCUT2D eigenvalue weighted by Crippen LogP contribution is 2.27. The van der Waals surface area contributed by atoms with Gasteiger partial charge in [-0.15, -0.1) is 5.73 Å². The second kappa shape index (κ2) is 5.15. The number of hydrogen-bond acceptors (Lipinski definition) is 5. The molecule has 0 aliphatic heterocycles. The van der Waals surface area contributed by atoms with E-state index in [2.05, 4.69) is 12.3 Å². The summed E-state index contributed by atoms with van der Waals surface area (Å²) in [4.78, 5) is 19.5.